The third-order valence-electron chi connectivity index (χ3n) is 20.3. The molecule has 112 heavy (non-hydrogen) atoms. The van der Waals surface area contributed by atoms with Gasteiger partial charge in [0.2, 0.25) is 29.4 Å². The van der Waals surface area contributed by atoms with Crippen LogP contribution in [0.5, 0.6) is 0 Å². The maximum Gasteiger partial charge on any atom is 0.329 e. The number of hydrogen-bond acceptors (Lipinski definition) is 27. The fraction of sp³-hybridized carbons (Fsp3) is 0.714. The Labute approximate surface area is 663 Å². The summed E-state index contributed by atoms with van der Waals surface area (Å²) in [7, 11) is 4.39. The van der Waals surface area contributed by atoms with Crippen molar-refractivity contribution in [3.8, 4) is 0 Å². The maximum atomic E-state index is 15.0. The van der Waals surface area contributed by atoms with E-state index in [1.807, 2.05) is 58.1 Å². The van der Waals surface area contributed by atoms with Crippen LogP contribution in [0.15, 0.2) is 47.6 Å². The van der Waals surface area contributed by atoms with Crippen LogP contribution in [0.25, 0.3) is 0 Å². The van der Waals surface area contributed by atoms with Gasteiger partial charge < -0.3 is 96.0 Å². The number of thioether (sulfide) groups is 2. The maximum absolute atomic E-state index is 15.0. The van der Waals surface area contributed by atoms with E-state index in [0.717, 1.165) is 29.1 Å². The number of hydrogen-bond donors (Lipinski definition) is 10. The Morgan fingerprint density at radius 2 is 1.34 bits per heavy atom. The van der Waals surface area contributed by atoms with Crippen LogP contribution in [-0.4, -0.2) is 271 Å². The van der Waals surface area contributed by atoms with Gasteiger partial charge >= 0.3 is 35.8 Å². The molecule has 33 nitrogen and oxygen atoms in total. The van der Waals surface area contributed by atoms with Gasteiger partial charge in [-0.3, -0.25) is 62.3 Å². The van der Waals surface area contributed by atoms with Crippen molar-refractivity contribution in [2.24, 2.45) is 47.0 Å². The van der Waals surface area contributed by atoms with Crippen LogP contribution in [0.2, 0.25) is 0 Å². The summed E-state index contributed by atoms with van der Waals surface area (Å²) >= 11 is 1.81. The summed E-state index contributed by atoms with van der Waals surface area (Å²) in [6, 6.07) is -6.44. The van der Waals surface area contributed by atoms with Crippen LogP contribution in [0, 0.1) is 35.5 Å². The van der Waals surface area contributed by atoms with E-state index in [0.29, 0.717) is 64.2 Å². The van der Waals surface area contributed by atoms with Gasteiger partial charge in [-0.2, -0.15) is 0 Å². The fourth-order valence-corrected chi connectivity index (χ4v) is 15.5. The predicted octanol–water partition coefficient (Wildman–Crippen LogP) is 3.11. The largest absolute Gasteiger partial charge is 0.480 e. The summed E-state index contributed by atoms with van der Waals surface area (Å²) in [5.41, 5.74) is 12.2. The molecule has 0 aromatic heterocycles. The van der Waals surface area contributed by atoms with Crippen molar-refractivity contribution in [3.05, 3.63) is 47.6 Å². The van der Waals surface area contributed by atoms with Crippen LogP contribution in [-0.2, 0) is 105 Å². The molecule has 1 aliphatic carbocycles. The Hall–Kier alpha value is -7.48. The van der Waals surface area contributed by atoms with E-state index in [9.17, 15) is 72.5 Å². The number of esters is 3. The second-order valence-electron chi connectivity index (χ2n) is 29.3. The number of nitrogens with one attached hydrogen (secondary N) is 4. The topological polar surface area (TPSA) is 497 Å². The first-order valence-corrected chi connectivity index (χ1v) is 40.6. The monoisotopic (exact) mass is 1620 g/mol. The van der Waals surface area contributed by atoms with Crippen molar-refractivity contribution in [1.82, 2.24) is 26.2 Å². The molecule has 2 saturated heterocycles. The highest BCUT2D eigenvalue weighted by Crippen LogP contribution is 2.37. The van der Waals surface area contributed by atoms with Gasteiger partial charge in [0.05, 0.1) is 49.1 Å². The number of ether oxygens (including phenoxy) is 8. The van der Waals surface area contributed by atoms with E-state index < -0.39 is 198 Å². The summed E-state index contributed by atoms with van der Waals surface area (Å²) in [6.45, 7) is 10.9. The lowest BCUT2D eigenvalue weighted by molar-refractivity contribution is -0.170. The summed E-state index contributed by atoms with van der Waals surface area (Å²) in [5, 5.41) is 46.4. The Bertz CT molecular complexity index is 3300. The number of carbonyl (C=O) groups is 14. The number of piperidine rings is 1. The molecule has 19 atom stereocenters. The van der Waals surface area contributed by atoms with E-state index in [-0.39, 0.29) is 105 Å². The molecule has 4 aliphatic rings. The number of aliphatic hydroxyl groups is 1. The third kappa shape index (κ3) is 33.5. The normalized spacial score (nSPS) is 28.4. The quantitative estimate of drug-likeness (QED) is 0.0143. The lowest BCUT2D eigenvalue weighted by Crippen LogP contribution is -2.55. The molecule has 3 fully saturated rings. The first-order valence-electron chi connectivity index (χ1n) is 38.2. The van der Waals surface area contributed by atoms with E-state index in [1.165, 1.54) is 25.2 Å². The lowest BCUT2D eigenvalue weighted by atomic mass is 9.78. The van der Waals surface area contributed by atoms with Crippen molar-refractivity contribution < 1.29 is 125 Å². The van der Waals surface area contributed by atoms with Gasteiger partial charge in [-0.1, -0.05) is 71.1 Å². The second kappa shape index (κ2) is 50.7. The average molecular weight is 1620 g/mol. The van der Waals surface area contributed by atoms with Crippen molar-refractivity contribution in [3.63, 3.8) is 0 Å². The first-order chi connectivity index (χ1) is 53.1. The first kappa shape index (κ1) is 96.9. The van der Waals surface area contributed by atoms with Crippen molar-refractivity contribution in [2.45, 2.75) is 230 Å². The van der Waals surface area contributed by atoms with Crippen LogP contribution in [0.3, 0.4) is 0 Å². The van der Waals surface area contributed by atoms with E-state index in [2.05, 4.69) is 21.3 Å². The second-order valence-corrected chi connectivity index (χ2v) is 31.4. The molecule has 12 N–H and O–H groups in total. The molecule has 3 aliphatic heterocycles. The number of fused-ring (bicyclic) bond motifs is 3. The Kier molecular flexibility index (Phi) is 43.8. The van der Waals surface area contributed by atoms with Crippen LogP contribution in [0.1, 0.15) is 151 Å². The molecule has 35 heteroatoms. The lowest BCUT2D eigenvalue weighted by Gasteiger charge is -2.39. The number of Topliss-reactive ketones (excluding diaryl/α,β-unsaturated/α-hetero) is 3. The number of aliphatic carboxylic acids is 3. The van der Waals surface area contributed by atoms with Gasteiger partial charge in [-0.05, 0) is 126 Å². The van der Waals surface area contributed by atoms with Crippen molar-refractivity contribution in [2.75, 3.05) is 83.8 Å². The molecule has 0 aromatic carbocycles. The summed E-state index contributed by atoms with van der Waals surface area (Å²) in [6.07, 6.45) is 7.43. The number of aliphatic hydroxyl groups excluding tert-OH is 1. The molecule has 1 saturated carbocycles. The Balaban J connectivity index is 1.65. The Morgan fingerprint density at radius 1 is 0.705 bits per heavy atom. The number of ketones is 3. The van der Waals surface area contributed by atoms with Crippen LogP contribution in [0.4, 0.5) is 0 Å². The average Bonchev–Trinajstić information content (AvgIpc) is 0.807. The molecular weight excluding hydrogens is 1500 g/mol. The molecule has 5 amide bonds. The third-order valence-corrected chi connectivity index (χ3v) is 22.3. The summed E-state index contributed by atoms with van der Waals surface area (Å²) < 4.78 is 48.5. The minimum atomic E-state index is -1.44. The SMILES string of the molecule is CO[C@H]1CC2CC[C@@H](C)[C@@H](O2)C(=O)C(=O)N2CCCC[C@H]2C(=O)OC([C@H](C)C[C@@H]2CC[C@@H](OCCOC(=O)CSC[C@H](NC(=O)CC[C@H](N)C(=O)O)C(=O)NCC(=O)O)[C@H](OC)C2)CC(=O)[C@H](C)/C=C(\C)[C@@H](OC(=O)CSC[C@H](NC(=O)CC[C@H](N)C(=O)O)C(=O)NCCO)[C@@H](OC)C(=O)[C@H](C)C[C@@H](C)\C=C/C=C/C=C/1C. The molecule has 3 heterocycles. The number of methoxy groups -OCH3 is 3. The molecular formula is C77H119N7O26S2. The van der Waals surface area contributed by atoms with Gasteiger partial charge in [-0.25, -0.2) is 4.79 Å². The summed E-state index contributed by atoms with van der Waals surface area (Å²) in [4.78, 5) is 187. The number of amides is 5. The highest BCUT2D eigenvalue weighted by molar-refractivity contribution is 8.00. The molecule has 2 unspecified atom stereocenters. The highest BCUT2D eigenvalue weighted by atomic mass is 32.2. The number of carboxylic acid groups (broad SMARTS) is 3. The van der Waals surface area contributed by atoms with Gasteiger partial charge in [0, 0.05) is 83.4 Å². The van der Waals surface area contributed by atoms with Crippen LogP contribution >= 0.6 is 23.5 Å². The number of cyclic esters (lactones) is 1. The van der Waals surface area contributed by atoms with Crippen LogP contribution < -0.4 is 32.7 Å². The van der Waals surface area contributed by atoms with Crippen molar-refractivity contribution >= 4 is 106 Å². The smallest absolute Gasteiger partial charge is 0.329 e. The zero-order valence-electron chi connectivity index (χ0n) is 66.0. The van der Waals surface area contributed by atoms with E-state index in [4.69, 9.17) is 59.6 Å². The zero-order valence-corrected chi connectivity index (χ0v) is 67.6. The Morgan fingerprint density at radius 3 is 1.94 bits per heavy atom. The molecule has 0 aromatic rings. The van der Waals surface area contributed by atoms with Gasteiger partial charge in [0.25, 0.3) is 5.91 Å². The minimum Gasteiger partial charge on any atom is -0.480 e. The van der Waals surface area contributed by atoms with Gasteiger partial charge in [0.15, 0.2) is 18.0 Å². The molecule has 0 radical (unpaired) electrons. The van der Waals surface area contributed by atoms with E-state index >= 15 is 4.79 Å². The zero-order chi connectivity index (χ0) is 83.3. The number of nitrogens with two attached hydrogens (primary N) is 2. The summed E-state index contributed by atoms with van der Waals surface area (Å²) in [5.74, 6) is -15.8. The standard InChI is InChI=1S/C77H119N7O26S2/c1-43-16-12-11-13-17-44(2)59(103-8)36-51-21-19-45(3)69(108-51)68(94)74(97)84-28-15-14-18-56(84)77(102)109-60(47(5)34-50-20-24-58(61(35-50)104-9)106-30-31-107-65(91)41-111-40-55(73(96)81-38-64(89)90)83-63(88)26-23-53(79)76(100)101)37-57(86)46(4)33-49(7)70(71(105-10)67(93)48(6)32-43)110-66(92)42-112-39-54(72(95)80-27-29-85)82-62(87)25-22-52(78)75(98)99/h11-13,16-17,33,43,45-48,50-56,58-61,69-71,85H,14-15,18-32,34-42,78-79H2,1-10H3,(H,80,95)(H,81,96)(H,82,87)(H,83,88)(H,89,90)(H,98,99)(H,100,101)/b13-11+,16-12-,44-17+,49-33+/t43-,45+,46+,47+,48+,50-,51?,52-,53-,54-,55-,56-,58+,59-,60?,61+,69+,70+,71-/m0/s1. The van der Waals surface area contributed by atoms with Crippen molar-refractivity contribution in [1.29, 1.82) is 0 Å². The minimum absolute atomic E-state index is 0.0392. The van der Waals surface area contributed by atoms with Gasteiger partial charge in [-0.15, -0.1) is 23.5 Å². The highest BCUT2D eigenvalue weighted by Gasteiger charge is 2.45. The molecule has 0 spiro atoms. The van der Waals surface area contributed by atoms with E-state index in [1.54, 1.807) is 27.9 Å². The predicted molar refractivity (Wildman–Crippen MR) is 411 cm³/mol. The molecule has 4 rings (SSSR count). The number of nitrogens with zero attached hydrogens (tertiary/aromatic N) is 1. The molecule has 2 bridgehead atoms. The van der Waals surface area contributed by atoms with Gasteiger partial charge in [0.1, 0.15) is 61.4 Å². The molecule has 630 valence electrons. The number of allylic oxidation sites excluding steroid dienone is 6. The number of carboxylic acids is 3. The number of rotatable bonds is 35. The number of carbonyl (C=O) groups excluding carboxylic acids is 11. The fourth-order valence-electron chi connectivity index (χ4n) is 13.8.